The van der Waals surface area contributed by atoms with Crippen molar-refractivity contribution in [2.45, 2.75) is 6.42 Å². The molecule has 0 aromatic heterocycles. The maximum atomic E-state index is 11.7. The molecule has 0 spiro atoms. The lowest BCUT2D eigenvalue weighted by atomic mass is 10.1. The number of hydrogen-bond acceptors (Lipinski definition) is 4. The van der Waals surface area contributed by atoms with E-state index >= 15 is 0 Å². The van der Waals surface area contributed by atoms with E-state index in [2.05, 4.69) is 5.32 Å². The highest BCUT2D eigenvalue weighted by atomic mass is 35.5. The summed E-state index contributed by atoms with van der Waals surface area (Å²) in [5.74, 6) is -0.145. The lowest BCUT2D eigenvalue weighted by Crippen LogP contribution is -2.38. The molecule has 0 saturated carbocycles. The van der Waals surface area contributed by atoms with E-state index in [1.54, 1.807) is 17.0 Å². The number of likely N-dealkylation sites (N-methyl/N-ethyl adjacent to an activating group) is 1. The van der Waals surface area contributed by atoms with Gasteiger partial charge in [0.1, 0.15) is 5.88 Å². The molecule has 0 fully saturated rings. The molecule has 21 heavy (non-hydrogen) atoms. The van der Waals surface area contributed by atoms with Crippen molar-refractivity contribution >= 4 is 35.6 Å². The Kier molecular flexibility index (Phi) is 9.69. The van der Waals surface area contributed by atoms with Crippen LogP contribution in [0.15, 0.2) is 24.3 Å². The van der Waals surface area contributed by atoms with Crippen LogP contribution in [0.1, 0.15) is 5.56 Å². The van der Waals surface area contributed by atoms with Gasteiger partial charge < -0.3 is 10.2 Å². The number of nitro groups is 1. The van der Waals surface area contributed by atoms with Gasteiger partial charge in [-0.1, -0.05) is 12.1 Å². The molecule has 1 aromatic rings. The smallest absolute Gasteiger partial charge is 0.269 e. The van der Waals surface area contributed by atoms with Crippen molar-refractivity contribution in [2.75, 3.05) is 32.6 Å². The maximum absolute atomic E-state index is 11.7. The molecule has 0 aliphatic heterocycles. The fraction of sp³-hybridized carbons (Fsp3) is 0.462. The summed E-state index contributed by atoms with van der Waals surface area (Å²) in [5, 5.41) is 13.5. The predicted octanol–water partition coefficient (Wildman–Crippen LogP) is 1.85. The summed E-state index contributed by atoms with van der Waals surface area (Å²) in [6.45, 7) is 1.84. The van der Waals surface area contributed by atoms with Crippen molar-refractivity contribution in [1.29, 1.82) is 0 Å². The Morgan fingerprint density at radius 1 is 1.33 bits per heavy atom. The van der Waals surface area contributed by atoms with Crippen LogP contribution in [0.2, 0.25) is 0 Å². The third-order valence-electron chi connectivity index (χ3n) is 2.92. The molecule has 118 valence electrons. The quantitative estimate of drug-likeness (QED) is 0.447. The Bertz CT molecular complexity index is 454. The van der Waals surface area contributed by atoms with Gasteiger partial charge >= 0.3 is 0 Å². The van der Waals surface area contributed by atoms with Crippen LogP contribution in [0.4, 0.5) is 5.69 Å². The molecule has 8 heteroatoms. The van der Waals surface area contributed by atoms with Gasteiger partial charge in [0.05, 0.1) is 4.92 Å². The van der Waals surface area contributed by atoms with Crippen LogP contribution in [-0.4, -0.2) is 48.3 Å². The van der Waals surface area contributed by atoms with Gasteiger partial charge in [-0.15, -0.1) is 24.0 Å². The van der Waals surface area contributed by atoms with Crippen LogP contribution in [0.5, 0.6) is 0 Å². The first-order chi connectivity index (χ1) is 9.58. The summed E-state index contributed by atoms with van der Waals surface area (Å²) >= 11 is 5.58. The molecule has 0 saturated heterocycles. The monoisotopic (exact) mass is 335 g/mol. The van der Waals surface area contributed by atoms with Crippen molar-refractivity contribution in [3.63, 3.8) is 0 Å². The van der Waals surface area contributed by atoms with Gasteiger partial charge in [0.2, 0.25) is 5.91 Å². The van der Waals surface area contributed by atoms with E-state index in [9.17, 15) is 14.9 Å². The van der Waals surface area contributed by atoms with E-state index in [0.717, 1.165) is 5.56 Å². The first kappa shape index (κ1) is 19.6. The number of non-ortho nitro benzene ring substituents is 1. The fourth-order valence-corrected chi connectivity index (χ4v) is 1.91. The summed E-state index contributed by atoms with van der Waals surface area (Å²) in [6.07, 6.45) is 0.643. The summed E-state index contributed by atoms with van der Waals surface area (Å²) < 4.78 is 0. The number of hydrogen-bond donors (Lipinski definition) is 1. The SMILES string of the molecule is CNCCN(CCc1ccc([N+](=O)[O-])cc1)C(=O)CCl.Cl. The highest BCUT2D eigenvalue weighted by molar-refractivity contribution is 6.27. The van der Waals surface area contributed by atoms with Crippen LogP contribution in [0.25, 0.3) is 0 Å². The number of alkyl halides is 1. The van der Waals surface area contributed by atoms with Gasteiger partial charge in [-0.05, 0) is 19.0 Å². The standard InChI is InChI=1S/C13H18ClN3O3.ClH/c1-15-7-9-16(13(18)10-14)8-6-11-2-4-12(5-3-11)17(19)20;/h2-5,15H,6-10H2,1H3;1H. The number of nitro benzene ring substituents is 1. The third-order valence-corrected chi connectivity index (χ3v) is 3.14. The second-order valence-corrected chi connectivity index (χ2v) is 4.56. The second-order valence-electron chi connectivity index (χ2n) is 4.29. The minimum atomic E-state index is -0.431. The third kappa shape index (κ3) is 6.75. The molecule has 0 bridgehead atoms. The minimum absolute atomic E-state index is 0. The highest BCUT2D eigenvalue weighted by Crippen LogP contribution is 2.12. The van der Waals surface area contributed by atoms with E-state index < -0.39 is 4.92 Å². The molecule has 1 amide bonds. The van der Waals surface area contributed by atoms with Crippen molar-refractivity contribution in [2.24, 2.45) is 0 Å². The molecule has 0 atom stereocenters. The lowest BCUT2D eigenvalue weighted by molar-refractivity contribution is -0.384. The Balaban J connectivity index is 0.00000400. The van der Waals surface area contributed by atoms with Crippen molar-refractivity contribution in [3.05, 3.63) is 39.9 Å². The number of carbonyl (C=O) groups excluding carboxylic acids is 1. The zero-order valence-corrected chi connectivity index (χ0v) is 13.3. The normalized spacial score (nSPS) is 9.81. The minimum Gasteiger partial charge on any atom is -0.340 e. The average Bonchev–Trinajstić information content (AvgIpc) is 2.47. The van der Waals surface area contributed by atoms with Crippen LogP contribution in [0.3, 0.4) is 0 Å². The Labute approximate surface area is 135 Å². The summed E-state index contributed by atoms with van der Waals surface area (Å²) in [6, 6.07) is 6.35. The van der Waals surface area contributed by atoms with Crippen molar-refractivity contribution in [1.82, 2.24) is 10.2 Å². The number of nitrogens with one attached hydrogen (secondary N) is 1. The predicted molar refractivity (Wildman–Crippen MR) is 85.3 cm³/mol. The van der Waals surface area contributed by atoms with E-state index in [-0.39, 0.29) is 29.9 Å². The molecule has 1 N–H and O–H groups in total. The Morgan fingerprint density at radius 3 is 2.43 bits per heavy atom. The number of rotatable bonds is 8. The highest BCUT2D eigenvalue weighted by Gasteiger charge is 2.12. The topological polar surface area (TPSA) is 75.5 Å². The zero-order chi connectivity index (χ0) is 15.0. The largest absolute Gasteiger partial charge is 0.340 e. The first-order valence-corrected chi connectivity index (χ1v) is 6.83. The summed E-state index contributed by atoms with van der Waals surface area (Å²) in [5.41, 5.74) is 1.02. The van der Waals surface area contributed by atoms with E-state index in [1.165, 1.54) is 12.1 Å². The lowest BCUT2D eigenvalue weighted by Gasteiger charge is -2.21. The Hall–Kier alpha value is -1.37. The van der Waals surface area contributed by atoms with E-state index in [1.807, 2.05) is 7.05 Å². The van der Waals surface area contributed by atoms with E-state index in [0.29, 0.717) is 26.1 Å². The number of amides is 1. The Morgan fingerprint density at radius 2 is 1.95 bits per heavy atom. The van der Waals surface area contributed by atoms with Crippen LogP contribution in [-0.2, 0) is 11.2 Å². The van der Waals surface area contributed by atoms with Gasteiger partial charge in [0.15, 0.2) is 0 Å². The second kappa shape index (κ2) is 10.4. The van der Waals surface area contributed by atoms with E-state index in [4.69, 9.17) is 11.6 Å². The molecule has 0 unspecified atom stereocenters. The van der Waals surface area contributed by atoms with Crippen LogP contribution in [0, 0.1) is 10.1 Å². The molecule has 6 nitrogen and oxygen atoms in total. The summed E-state index contributed by atoms with van der Waals surface area (Å²) in [4.78, 5) is 23.5. The molecule has 1 rings (SSSR count). The van der Waals surface area contributed by atoms with Gasteiger partial charge in [-0.3, -0.25) is 14.9 Å². The maximum Gasteiger partial charge on any atom is 0.269 e. The number of halogens is 2. The van der Waals surface area contributed by atoms with Gasteiger partial charge in [0.25, 0.3) is 5.69 Å². The molecular formula is C13H19Cl2N3O3. The molecular weight excluding hydrogens is 317 g/mol. The van der Waals surface area contributed by atoms with Crippen LogP contribution < -0.4 is 5.32 Å². The first-order valence-electron chi connectivity index (χ1n) is 6.30. The van der Waals surface area contributed by atoms with Gasteiger partial charge in [0, 0.05) is 31.8 Å². The molecule has 1 aromatic carbocycles. The van der Waals surface area contributed by atoms with Crippen molar-refractivity contribution < 1.29 is 9.72 Å². The van der Waals surface area contributed by atoms with Gasteiger partial charge in [-0.25, -0.2) is 0 Å². The number of carbonyl (C=O) groups is 1. The molecule has 0 aliphatic carbocycles. The van der Waals surface area contributed by atoms with Crippen LogP contribution >= 0.6 is 24.0 Å². The molecule has 0 aliphatic rings. The van der Waals surface area contributed by atoms with Gasteiger partial charge in [-0.2, -0.15) is 0 Å². The summed E-state index contributed by atoms with van der Waals surface area (Å²) in [7, 11) is 1.82. The number of nitrogens with zero attached hydrogens (tertiary/aromatic N) is 2. The number of benzene rings is 1. The molecule has 0 radical (unpaired) electrons. The fourth-order valence-electron chi connectivity index (χ4n) is 1.74. The average molecular weight is 336 g/mol. The zero-order valence-electron chi connectivity index (χ0n) is 11.8. The van der Waals surface area contributed by atoms with Crippen molar-refractivity contribution in [3.8, 4) is 0 Å². The molecule has 0 heterocycles.